The van der Waals surface area contributed by atoms with Crippen molar-refractivity contribution in [2.24, 2.45) is 0 Å². The monoisotopic (exact) mass is 269 g/mol. The van der Waals surface area contributed by atoms with Gasteiger partial charge in [0.05, 0.1) is 5.52 Å². The molecule has 0 saturated heterocycles. The summed E-state index contributed by atoms with van der Waals surface area (Å²) in [6.45, 7) is 0. The van der Waals surface area contributed by atoms with Gasteiger partial charge >= 0.3 is 23.0 Å². The normalized spacial score (nSPS) is 9.00. The van der Waals surface area contributed by atoms with Crippen LogP contribution >= 0.6 is 0 Å². The molecule has 0 spiro atoms. The maximum atomic E-state index is 11.3. The van der Waals surface area contributed by atoms with Crippen molar-refractivity contribution >= 4 is 16.9 Å². The van der Waals surface area contributed by atoms with Gasteiger partial charge in [-0.25, -0.2) is 9.78 Å². The standard InChI is InChI=1S/C10H7NO3.Cu.H2O/c12-8-3-1-2-6-4-5-7(10(13)14)11-9(6)8;;/h1-5,12H,(H,13,14);;1H2/q;+1;/p-1. The Morgan fingerprint density at radius 2 is 1.94 bits per heavy atom. The SMILES string of the molecule is O.O=C(O)c1ccc2cccc([O-])c2n1.[Cu+]. The zero-order valence-electron chi connectivity index (χ0n) is 7.90. The summed E-state index contributed by atoms with van der Waals surface area (Å²) < 4.78 is 0. The van der Waals surface area contributed by atoms with E-state index in [0.29, 0.717) is 5.39 Å². The zero-order valence-corrected chi connectivity index (χ0v) is 8.84. The second kappa shape index (κ2) is 5.46. The number of nitrogens with zero attached hydrogens (tertiary/aromatic N) is 1. The van der Waals surface area contributed by atoms with E-state index in [1.807, 2.05) is 0 Å². The van der Waals surface area contributed by atoms with E-state index in [4.69, 9.17) is 5.11 Å². The Bertz CT molecular complexity index is 515. The summed E-state index contributed by atoms with van der Waals surface area (Å²) in [5.74, 6) is -1.39. The fourth-order valence-corrected chi connectivity index (χ4v) is 1.24. The number of para-hydroxylation sites is 1. The van der Waals surface area contributed by atoms with Crippen molar-refractivity contribution in [2.75, 3.05) is 0 Å². The number of hydrogen-bond acceptors (Lipinski definition) is 3. The van der Waals surface area contributed by atoms with Crippen LogP contribution in [0.4, 0.5) is 0 Å². The van der Waals surface area contributed by atoms with E-state index in [9.17, 15) is 9.90 Å². The molecule has 0 aliphatic rings. The molecule has 0 saturated carbocycles. The molecule has 1 aromatic carbocycles. The first-order valence-electron chi connectivity index (χ1n) is 3.98. The van der Waals surface area contributed by atoms with Crippen molar-refractivity contribution in [3.8, 4) is 5.75 Å². The minimum Gasteiger partial charge on any atom is -0.871 e. The Morgan fingerprint density at radius 3 is 2.56 bits per heavy atom. The number of rotatable bonds is 1. The Kier molecular flexibility index (Phi) is 4.91. The number of pyridine rings is 1. The minimum absolute atomic E-state index is 0. The van der Waals surface area contributed by atoms with Gasteiger partial charge in [-0.3, -0.25) is 0 Å². The summed E-state index contributed by atoms with van der Waals surface area (Å²) in [5.41, 5.74) is 0.0909. The van der Waals surface area contributed by atoms with E-state index in [-0.39, 0.29) is 39.5 Å². The van der Waals surface area contributed by atoms with Gasteiger partial charge in [0.2, 0.25) is 0 Å². The van der Waals surface area contributed by atoms with Gasteiger partial charge in [-0.2, -0.15) is 0 Å². The van der Waals surface area contributed by atoms with Crippen LogP contribution in [-0.2, 0) is 17.1 Å². The van der Waals surface area contributed by atoms with Crippen LogP contribution in [0, 0.1) is 0 Å². The van der Waals surface area contributed by atoms with Crippen LogP contribution in [0.25, 0.3) is 10.9 Å². The molecule has 2 rings (SSSR count). The Hall–Kier alpha value is -1.62. The van der Waals surface area contributed by atoms with Gasteiger partial charge in [-0.15, -0.1) is 0 Å². The minimum atomic E-state index is -1.13. The summed E-state index contributed by atoms with van der Waals surface area (Å²) in [6.07, 6.45) is 0. The molecule has 0 atom stereocenters. The van der Waals surface area contributed by atoms with Crippen LogP contribution in [0.5, 0.6) is 5.75 Å². The van der Waals surface area contributed by atoms with Crippen molar-refractivity contribution in [3.05, 3.63) is 36.0 Å². The molecular weight excluding hydrogens is 262 g/mol. The number of carboxylic acids is 1. The molecule has 6 heteroatoms. The van der Waals surface area contributed by atoms with Crippen molar-refractivity contribution in [2.45, 2.75) is 0 Å². The quantitative estimate of drug-likeness (QED) is 0.746. The first kappa shape index (κ1) is 14.4. The Morgan fingerprint density at radius 1 is 1.25 bits per heavy atom. The summed E-state index contributed by atoms with van der Waals surface area (Å²) in [4.78, 5) is 14.4. The van der Waals surface area contributed by atoms with Crippen LogP contribution in [-0.4, -0.2) is 21.5 Å². The number of carboxylic acid groups (broad SMARTS) is 1. The molecule has 3 N–H and O–H groups in total. The van der Waals surface area contributed by atoms with E-state index in [1.165, 1.54) is 12.1 Å². The second-order valence-electron chi connectivity index (χ2n) is 2.83. The van der Waals surface area contributed by atoms with E-state index >= 15 is 0 Å². The molecular formula is C10H8CuNO4. The van der Waals surface area contributed by atoms with Crippen LogP contribution in [0.15, 0.2) is 30.3 Å². The third kappa shape index (κ3) is 2.49. The maximum absolute atomic E-state index is 11.3. The smallest absolute Gasteiger partial charge is 0.871 e. The Balaban J connectivity index is 0.00000112. The predicted octanol–water partition coefficient (Wildman–Crippen LogP) is 0.179. The molecule has 2 aromatic rings. The van der Waals surface area contributed by atoms with Crippen LogP contribution in [0.3, 0.4) is 0 Å². The number of fused-ring (bicyclic) bond motifs is 1. The number of aromatic carboxylic acids is 1. The molecule has 0 fully saturated rings. The van der Waals surface area contributed by atoms with Gasteiger partial charge in [0.25, 0.3) is 0 Å². The number of aromatic nitrogens is 1. The average molecular weight is 270 g/mol. The van der Waals surface area contributed by atoms with Crippen molar-refractivity contribution in [3.63, 3.8) is 0 Å². The molecule has 1 aromatic heterocycles. The van der Waals surface area contributed by atoms with Gasteiger partial charge in [0.15, 0.2) is 0 Å². The average Bonchev–Trinajstić information content (AvgIpc) is 2.18. The number of hydrogen-bond donors (Lipinski definition) is 1. The predicted molar refractivity (Wildman–Crippen MR) is 51.8 cm³/mol. The zero-order chi connectivity index (χ0) is 10.1. The van der Waals surface area contributed by atoms with Gasteiger partial charge in [-0.1, -0.05) is 30.0 Å². The summed E-state index contributed by atoms with van der Waals surface area (Å²) in [7, 11) is 0. The summed E-state index contributed by atoms with van der Waals surface area (Å²) in [6, 6.07) is 7.65. The third-order valence-corrected chi connectivity index (χ3v) is 1.90. The fourth-order valence-electron chi connectivity index (χ4n) is 1.24. The van der Waals surface area contributed by atoms with Crippen LogP contribution in [0.2, 0.25) is 0 Å². The second-order valence-corrected chi connectivity index (χ2v) is 2.83. The van der Waals surface area contributed by atoms with Crippen LogP contribution < -0.4 is 5.11 Å². The molecule has 1 heterocycles. The molecule has 0 bridgehead atoms. The van der Waals surface area contributed by atoms with Gasteiger partial charge in [-0.05, 0) is 11.5 Å². The van der Waals surface area contributed by atoms with Crippen molar-refractivity contribution in [1.29, 1.82) is 0 Å². The molecule has 5 nitrogen and oxygen atoms in total. The van der Waals surface area contributed by atoms with E-state index in [0.717, 1.165) is 0 Å². The van der Waals surface area contributed by atoms with Gasteiger partial charge in [0, 0.05) is 0 Å². The molecule has 0 amide bonds. The summed E-state index contributed by atoms with van der Waals surface area (Å²) in [5, 5.41) is 20.6. The van der Waals surface area contributed by atoms with Gasteiger partial charge < -0.3 is 15.7 Å². The number of carbonyl (C=O) groups is 1. The van der Waals surface area contributed by atoms with Gasteiger partial charge in [0.1, 0.15) is 5.69 Å². The first-order valence-corrected chi connectivity index (χ1v) is 3.98. The maximum Gasteiger partial charge on any atom is 1.00 e. The van der Waals surface area contributed by atoms with E-state index in [2.05, 4.69) is 4.98 Å². The molecule has 88 valence electrons. The molecule has 0 aliphatic carbocycles. The molecule has 0 unspecified atom stereocenters. The molecule has 0 radical (unpaired) electrons. The topological polar surface area (TPSA) is 105 Å². The summed E-state index contributed by atoms with van der Waals surface area (Å²) >= 11 is 0. The fraction of sp³-hybridized carbons (Fsp3) is 0. The third-order valence-electron chi connectivity index (χ3n) is 1.90. The van der Waals surface area contributed by atoms with Crippen molar-refractivity contribution in [1.82, 2.24) is 4.98 Å². The van der Waals surface area contributed by atoms with Crippen molar-refractivity contribution < 1.29 is 37.6 Å². The molecule has 16 heavy (non-hydrogen) atoms. The van der Waals surface area contributed by atoms with E-state index in [1.54, 1.807) is 18.2 Å². The Labute approximate surface area is 102 Å². The van der Waals surface area contributed by atoms with Crippen LogP contribution in [0.1, 0.15) is 10.5 Å². The number of benzene rings is 1. The van der Waals surface area contributed by atoms with E-state index < -0.39 is 5.97 Å². The first-order chi connectivity index (χ1) is 6.68. The largest absolute Gasteiger partial charge is 1.00 e. The molecule has 0 aliphatic heterocycles.